The van der Waals surface area contributed by atoms with E-state index in [1.54, 1.807) is 12.4 Å². The van der Waals surface area contributed by atoms with Crippen LogP contribution in [0.4, 0.5) is 13.2 Å². The van der Waals surface area contributed by atoms with E-state index in [0.717, 1.165) is 25.2 Å². The van der Waals surface area contributed by atoms with Gasteiger partial charge in [-0.25, -0.2) is 0 Å². The third-order valence-electron chi connectivity index (χ3n) is 3.21. The number of halogens is 3. The van der Waals surface area contributed by atoms with Gasteiger partial charge in [0, 0.05) is 44.6 Å². The van der Waals surface area contributed by atoms with E-state index >= 15 is 0 Å². The maximum absolute atomic E-state index is 12.0. The zero-order valence-corrected chi connectivity index (χ0v) is 11.1. The summed E-state index contributed by atoms with van der Waals surface area (Å²) in [6, 6.07) is 3.98. The van der Waals surface area contributed by atoms with Crippen LogP contribution in [0.5, 0.6) is 0 Å². The molecule has 0 radical (unpaired) electrons. The SMILES string of the molecule is FC(F)(F)COCCN1CCNCC1c1cccnc1. The molecular formula is C13H18F3N3O. The monoisotopic (exact) mass is 289 g/mol. The minimum absolute atomic E-state index is 0.0796. The molecule has 0 amide bonds. The lowest BCUT2D eigenvalue weighted by atomic mass is 10.1. The lowest BCUT2D eigenvalue weighted by molar-refractivity contribution is -0.175. The highest BCUT2D eigenvalue weighted by atomic mass is 19.4. The number of hydrogen-bond donors (Lipinski definition) is 1. The number of pyridine rings is 1. The Labute approximate surface area is 115 Å². The topological polar surface area (TPSA) is 37.4 Å². The van der Waals surface area contributed by atoms with Crippen LogP contribution in [-0.4, -0.2) is 55.5 Å². The molecule has 0 spiro atoms. The summed E-state index contributed by atoms with van der Waals surface area (Å²) in [6.07, 6.45) is -0.760. The number of rotatable bonds is 5. The lowest BCUT2D eigenvalue weighted by Gasteiger charge is -2.36. The van der Waals surface area contributed by atoms with Gasteiger partial charge in [0.15, 0.2) is 0 Å². The maximum Gasteiger partial charge on any atom is 0.411 e. The van der Waals surface area contributed by atoms with Gasteiger partial charge in [-0.1, -0.05) is 6.07 Å². The molecule has 1 atom stereocenters. The van der Waals surface area contributed by atoms with Gasteiger partial charge in [0.25, 0.3) is 0 Å². The molecule has 0 saturated carbocycles. The van der Waals surface area contributed by atoms with E-state index in [2.05, 4.69) is 19.9 Å². The molecular weight excluding hydrogens is 271 g/mol. The summed E-state index contributed by atoms with van der Waals surface area (Å²) in [5.74, 6) is 0. The second kappa shape index (κ2) is 7.01. The summed E-state index contributed by atoms with van der Waals surface area (Å²) in [5, 5.41) is 3.29. The molecule has 0 aliphatic carbocycles. The zero-order chi connectivity index (χ0) is 14.4. The van der Waals surface area contributed by atoms with E-state index in [-0.39, 0.29) is 12.6 Å². The molecule has 1 aromatic rings. The number of ether oxygens (including phenoxy) is 1. The van der Waals surface area contributed by atoms with Crippen LogP contribution in [-0.2, 0) is 4.74 Å². The number of aromatic nitrogens is 1. The van der Waals surface area contributed by atoms with Gasteiger partial charge < -0.3 is 10.1 Å². The first-order chi connectivity index (χ1) is 9.56. The lowest BCUT2D eigenvalue weighted by Crippen LogP contribution is -2.47. The Hall–Kier alpha value is -1.18. The summed E-state index contributed by atoms with van der Waals surface area (Å²) in [7, 11) is 0. The van der Waals surface area contributed by atoms with Gasteiger partial charge in [0.05, 0.1) is 6.61 Å². The first-order valence-corrected chi connectivity index (χ1v) is 6.55. The fraction of sp³-hybridized carbons (Fsp3) is 0.615. The molecule has 1 unspecified atom stereocenters. The molecule has 0 aromatic carbocycles. The van der Waals surface area contributed by atoms with Crippen LogP contribution in [0.25, 0.3) is 0 Å². The molecule has 1 fully saturated rings. The van der Waals surface area contributed by atoms with Gasteiger partial charge in [-0.15, -0.1) is 0 Å². The quantitative estimate of drug-likeness (QED) is 0.836. The van der Waals surface area contributed by atoms with Crippen molar-refractivity contribution in [1.82, 2.24) is 15.2 Å². The molecule has 2 rings (SSSR count). The van der Waals surface area contributed by atoms with Crippen molar-refractivity contribution in [2.24, 2.45) is 0 Å². The molecule has 0 bridgehead atoms. The first kappa shape index (κ1) is 15.2. The number of alkyl halides is 3. The van der Waals surface area contributed by atoms with E-state index in [0.29, 0.717) is 6.54 Å². The zero-order valence-electron chi connectivity index (χ0n) is 11.1. The van der Waals surface area contributed by atoms with Crippen LogP contribution in [0.2, 0.25) is 0 Å². The molecule has 7 heteroatoms. The van der Waals surface area contributed by atoms with E-state index in [1.807, 2.05) is 12.1 Å². The third-order valence-corrected chi connectivity index (χ3v) is 3.21. The van der Waals surface area contributed by atoms with Gasteiger partial charge in [-0.05, 0) is 11.6 Å². The van der Waals surface area contributed by atoms with Crippen LogP contribution in [0, 0.1) is 0 Å². The number of hydrogen-bond acceptors (Lipinski definition) is 4. The van der Waals surface area contributed by atoms with Crippen molar-refractivity contribution in [3.05, 3.63) is 30.1 Å². The van der Waals surface area contributed by atoms with E-state index in [1.165, 1.54) is 0 Å². The first-order valence-electron chi connectivity index (χ1n) is 6.55. The fourth-order valence-electron chi connectivity index (χ4n) is 2.29. The highest BCUT2D eigenvalue weighted by Crippen LogP contribution is 2.21. The smallest absolute Gasteiger partial charge is 0.371 e. The van der Waals surface area contributed by atoms with Crippen LogP contribution < -0.4 is 5.32 Å². The summed E-state index contributed by atoms with van der Waals surface area (Å²) in [5.41, 5.74) is 1.07. The Kier molecular flexibility index (Phi) is 5.33. The van der Waals surface area contributed by atoms with Gasteiger partial charge in [0.2, 0.25) is 0 Å². The van der Waals surface area contributed by atoms with E-state index in [9.17, 15) is 13.2 Å². The minimum Gasteiger partial charge on any atom is -0.371 e. The van der Waals surface area contributed by atoms with Crippen molar-refractivity contribution >= 4 is 0 Å². The fourth-order valence-corrected chi connectivity index (χ4v) is 2.29. The van der Waals surface area contributed by atoms with Gasteiger partial charge in [0.1, 0.15) is 6.61 Å². The van der Waals surface area contributed by atoms with Crippen molar-refractivity contribution in [3.8, 4) is 0 Å². The van der Waals surface area contributed by atoms with E-state index < -0.39 is 12.8 Å². The van der Waals surface area contributed by atoms with Crippen molar-refractivity contribution in [1.29, 1.82) is 0 Å². The largest absolute Gasteiger partial charge is 0.411 e. The Morgan fingerprint density at radius 1 is 1.45 bits per heavy atom. The highest BCUT2D eigenvalue weighted by molar-refractivity contribution is 5.15. The molecule has 20 heavy (non-hydrogen) atoms. The second-order valence-electron chi connectivity index (χ2n) is 4.71. The summed E-state index contributed by atoms with van der Waals surface area (Å²) < 4.78 is 40.7. The summed E-state index contributed by atoms with van der Waals surface area (Å²) in [4.78, 5) is 6.22. The number of nitrogens with one attached hydrogen (secondary N) is 1. The second-order valence-corrected chi connectivity index (χ2v) is 4.71. The van der Waals surface area contributed by atoms with Crippen molar-refractivity contribution in [2.45, 2.75) is 12.2 Å². The molecule has 2 heterocycles. The molecule has 112 valence electrons. The van der Waals surface area contributed by atoms with Gasteiger partial charge in [-0.3, -0.25) is 9.88 Å². The van der Waals surface area contributed by atoms with Crippen molar-refractivity contribution < 1.29 is 17.9 Å². The van der Waals surface area contributed by atoms with Crippen molar-refractivity contribution in [2.75, 3.05) is 39.4 Å². The van der Waals surface area contributed by atoms with Crippen LogP contribution >= 0.6 is 0 Å². The summed E-state index contributed by atoms with van der Waals surface area (Å²) >= 11 is 0. The molecule has 1 aliphatic heterocycles. The summed E-state index contributed by atoms with van der Waals surface area (Å²) in [6.45, 7) is 1.76. The molecule has 1 saturated heterocycles. The Morgan fingerprint density at radius 3 is 3.00 bits per heavy atom. The normalized spacial score (nSPS) is 21.1. The Bertz CT molecular complexity index is 400. The predicted molar refractivity (Wildman–Crippen MR) is 68.3 cm³/mol. The molecule has 4 nitrogen and oxygen atoms in total. The van der Waals surface area contributed by atoms with Crippen LogP contribution in [0.3, 0.4) is 0 Å². The minimum atomic E-state index is -4.26. The average Bonchev–Trinajstić information content (AvgIpc) is 2.44. The third kappa shape index (κ3) is 4.73. The standard InChI is InChI=1S/C13H18F3N3O/c14-13(15,16)10-20-7-6-19-5-4-18-9-12(19)11-2-1-3-17-8-11/h1-3,8,12,18H,4-7,9-10H2. The maximum atomic E-state index is 12.0. The van der Waals surface area contributed by atoms with Crippen molar-refractivity contribution in [3.63, 3.8) is 0 Å². The Balaban J connectivity index is 1.85. The molecule has 1 aromatic heterocycles. The highest BCUT2D eigenvalue weighted by Gasteiger charge is 2.28. The van der Waals surface area contributed by atoms with Gasteiger partial charge >= 0.3 is 6.18 Å². The van der Waals surface area contributed by atoms with Gasteiger partial charge in [-0.2, -0.15) is 13.2 Å². The van der Waals surface area contributed by atoms with Crippen LogP contribution in [0.15, 0.2) is 24.5 Å². The van der Waals surface area contributed by atoms with Crippen LogP contribution in [0.1, 0.15) is 11.6 Å². The Morgan fingerprint density at radius 2 is 2.30 bits per heavy atom. The predicted octanol–water partition coefficient (Wildman–Crippen LogP) is 1.61. The average molecular weight is 289 g/mol. The molecule has 1 N–H and O–H groups in total. The van der Waals surface area contributed by atoms with E-state index in [4.69, 9.17) is 0 Å². The number of nitrogens with zero attached hydrogens (tertiary/aromatic N) is 2. The molecule has 1 aliphatic rings. The number of piperazine rings is 1.